The second-order valence-corrected chi connectivity index (χ2v) is 6.58. The Labute approximate surface area is 153 Å². The molecule has 1 N–H and O–H groups in total. The predicted molar refractivity (Wildman–Crippen MR) is 92.3 cm³/mol. The van der Waals surface area contributed by atoms with Gasteiger partial charge in [0.2, 0.25) is 23.2 Å². The zero-order valence-corrected chi connectivity index (χ0v) is 14.4. The molecule has 1 fully saturated rings. The summed E-state index contributed by atoms with van der Waals surface area (Å²) in [6.45, 7) is 3.37. The predicted octanol–water partition coefficient (Wildman–Crippen LogP) is 2.57. The zero-order valence-electron chi connectivity index (χ0n) is 14.4. The first kappa shape index (κ1) is 17.5. The van der Waals surface area contributed by atoms with Gasteiger partial charge >= 0.3 is 0 Å². The van der Waals surface area contributed by atoms with Gasteiger partial charge in [0.05, 0.1) is 5.70 Å². The fourth-order valence-corrected chi connectivity index (χ4v) is 3.32. The van der Waals surface area contributed by atoms with E-state index in [0.29, 0.717) is 12.6 Å². The second-order valence-electron chi connectivity index (χ2n) is 6.58. The first-order valence-electron chi connectivity index (χ1n) is 8.75. The Bertz CT molecular complexity index is 925. The van der Waals surface area contributed by atoms with Gasteiger partial charge in [-0.25, -0.2) is 13.8 Å². The summed E-state index contributed by atoms with van der Waals surface area (Å²) in [5.41, 5.74) is 0.00984. The second kappa shape index (κ2) is 7.03. The van der Waals surface area contributed by atoms with Gasteiger partial charge in [-0.2, -0.15) is 0 Å². The number of nitrogens with zero attached hydrogens (tertiary/aromatic N) is 2. The number of benzene rings is 1. The van der Waals surface area contributed by atoms with Crippen molar-refractivity contribution in [2.45, 2.75) is 12.8 Å². The third-order valence-corrected chi connectivity index (χ3v) is 4.64. The SMILES string of the molecule is O=C1C=C(NCCN2CCCC2)C(=O)c2oc(-c3cc(F)cc(F)c3)nc21. The molecular weight excluding hydrogens is 356 g/mol. The minimum atomic E-state index is -0.804. The van der Waals surface area contributed by atoms with Crippen molar-refractivity contribution in [2.24, 2.45) is 0 Å². The number of carbonyl (C=O) groups excluding carboxylic acids is 2. The molecule has 1 aliphatic carbocycles. The molecule has 27 heavy (non-hydrogen) atoms. The lowest BCUT2D eigenvalue weighted by Gasteiger charge is -2.17. The lowest BCUT2D eigenvalue weighted by atomic mass is 10.0. The van der Waals surface area contributed by atoms with E-state index in [1.54, 1.807) is 0 Å². The molecule has 0 spiro atoms. The van der Waals surface area contributed by atoms with Gasteiger partial charge < -0.3 is 14.6 Å². The normalized spacial score (nSPS) is 17.2. The summed E-state index contributed by atoms with van der Waals surface area (Å²) < 4.78 is 32.2. The van der Waals surface area contributed by atoms with Crippen LogP contribution in [0.3, 0.4) is 0 Å². The van der Waals surface area contributed by atoms with Crippen LogP contribution in [-0.2, 0) is 0 Å². The topological polar surface area (TPSA) is 75.4 Å². The molecule has 0 radical (unpaired) electrons. The minimum absolute atomic E-state index is 0.0195. The van der Waals surface area contributed by atoms with Crippen LogP contribution in [0.4, 0.5) is 8.78 Å². The summed E-state index contributed by atoms with van der Waals surface area (Å²) >= 11 is 0. The fourth-order valence-electron chi connectivity index (χ4n) is 3.32. The first-order valence-corrected chi connectivity index (χ1v) is 8.75. The number of halogens is 2. The van der Waals surface area contributed by atoms with Crippen LogP contribution >= 0.6 is 0 Å². The lowest BCUT2D eigenvalue weighted by Crippen LogP contribution is -2.33. The Morgan fingerprint density at radius 2 is 1.81 bits per heavy atom. The number of Topliss-reactive ketones (excluding diaryl/α,β-unsaturated/α-hetero) is 1. The third kappa shape index (κ3) is 3.52. The third-order valence-electron chi connectivity index (χ3n) is 4.64. The first-order chi connectivity index (χ1) is 13.0. The molecule has 1 aromatic carbocycles. The van der Waals surface area contributed by atoms with E-state index in [9.17, 15) is 18.4 Å². The molecule has 140 valence electrons. The van der Waals surface area contributed by atoms with Crippen LogP contribution in [0.15, 0.2) is 34.4 Å². The van der Waals surface area contributed by atoms with Gasteiger partial charge in [0.1, 0.15) is 11.6 Å². The van der Waals surface area contributed by atoms with E-state index in [1.807, 2.05) is 0 Å². The van der Waals surface area contributed by atoms with Crippen molar-refractivity contribution in [1.29, 1.82) is 0 Å². The average molecular weight is 373 g/mol. The summed E-state index contributed by atoms with van der Waals surface area (Å²) in [5, 5.41) is 2.98. The molecule has 0 saturated carbocycles. The van der Waals surface area contributed by atoms with Crippen LogP contribution in [0, 0.1) is 11.6 Å². The van der Waals surface area contributed by atoms with Gasteiger partial charge in [-0.15, -0.1) is 0 Å². The van der Waals surface area contributed by atoms with Crippen LogP contribution in [0.2, 0.25) is 0 Å². The van der Waals surface area contributed by atoms with E-state index in [1.165, 1.54) is 18.9 Å². The van der Waals surface area contributed by atoms with E-state index >= 15 is 0 Å². The summed E-state index contributed by atoms with van der Waals surface area (Å²) in [7, 11) is 0. The number of fused-ring (bicyclic) bond motifs is 1. The fraction of sp³-hybridized carbons (Fsp3) is 0.316. The maximum atomic E-state index is 13.4. The Morgan fingerprint density at radius 1 is 1.11 bits per heavy atom. The number of aromatic nitrogens is 1. The number of ketones is 2. The van der Waals surface area contributed by atoms with E-state index in [4.69, 9.17) is 4.42 Å². The van der Waals surface area contributed by atoms with Crippen LogP contribution in [-0.4, -0.2) is 47.6 Å². The highest BCUT2D eigenvalue weighted by molar-refractivity contribution is 6.22. The molecule has 1 saturated heterocycles. The minimum Gasteiger partial charge on any atom is -0.432 e. The van der Waals surface area contributed by atoms with Crippen LogP contribution in [0.5, 0.6) is 0 Å². The van der Waals surface area contributed by atoms with Crippen molar-refractivity contribution in [2.75, 3.05) is 26.2 Å². The Hall–Kier alpha value is -2.87. The highest BCUT2D eigenvalue weighted by atomic mass is 19.1. The number of hydrogen-bond acceptors (Lipinski definition) is 6. The maximum absolute atomic E-state index is 13.4. The molecule has 2 heterocycles. The largest absolute Gasteiger partial charge is 0.432 e. The summed E-state index contributed by atoms with van der Waals surface area (Å²) in [6.07, 6.45) is 3.53. The molecule has 1 aromatic heterocycles. The number of carbonyl (C=O) groups is 2. The Kier molecular flexibility index (Phi) is 4.57. The molecule has 0 atom stereocenters. The number of allylic oxidation sites excluding steroid dienone is 2. The van der Waals surface area contributed by atoms with Crippen LogP contribution < -0.4 is 5.32 Å². The molecular formula is C19H17F2N3O3. The van der Waals surface area contributed by atoms with E-state index < -0.39 is 23.2 Å². The number of oxazole rings is 1. The van der Waals surface area contributed by atoms with Gasteiger partial charge in [-0.1, -0.05) is 0 Å². The molecule has 1 aliphatic heterocycles. The monoisotopic (exact) mass is 373 g/mol. The highest BCUT2D eigenvalue weighted by Crippen LogP contribution is 2.28. The quantitative estimate of drug-likeness (QED) is 0.868. The van der Waals surface area contributed by atoms with Gasteiger partial charge in [-0.3, -0.25) is 9.59 Å². The van der Waals surface area contributed by atoms with Gasteiger partial charge in [0.25, 0.3) is 0 Å². The average Bonchev–Trinajstić information content (AvgIpc) is 3.28. The molecule has 0 unspecified atom stereocenters. The molecule has 6 nitrogen and oxygen atoms in total. The van der Waals surface area contributed by atoms with Gasteiger partial charge in [-0.05, 0) is 38.1 Å². The van der Waals surface area contributed by atoms with Crippen LogP contribution in [0.25, 0.3) is 11.5 Å². The molecule has 0 amide bonds. The number of likely N-dealkylation sites (tertiary alicyclic amines) is 1. The standard InChI is InChI=1S/C19H17F2N3O3/c20-12-7-11(8-13(21)9-12)19-23-16-15(25)10-14(17(26)18(16)27-19)22-3-6-24-4-1-2-5-24/h7-10,22H,1-6H2. The van der Waals surface area contributed by atoms with E-state index in [2.05, 4.69) is 15.2 Å². The lowest BCUT2D eigenvalue weighted by molar-refractivity contribution is 0.0956. The van der Waals surface area contributed by atoms with Crippen molar-refractivity contribution < 1.29 is 22.8 Å². The molecule has 8 heteroatoms. The number of hydrogen-bond donors (Lipinski definition) is 1. The van der Waals surface area contributed by atoms with Crippen molar-refractivity contribution in [1.82, 2.24) is 15.2 Å². The summed E-state index contributed by atoms with van der Waals surface area (Å²) in [6, 6.07) is 2.77. The number of rotatable bonds is 5. The smallest absolute Gasteiger partial charge is 0.246 e. The summed E-state index contributed by atoms with van der Waals surface area (Å²) in [5.74, 6) is -2.98. The Balaban J connectivity index is 1.53. The molecule has 2 aromatic rings. The summed E-state index contributed by atoms with van der Waals surface area (Å²) in [4.78, 5) is 31.1. The van der Waals surface area contributed by atoms with Crippen molar-refractivity contribution >= 4 is 11.6 Å². The van der Waals surface area contributed by atoms with Crippen molar-refractivity contribution in [3.05, 3.63) is 53.1 Å². The molecule has 0 bridgehead atoms. The van der Waals surface area contributed by atoms with Crippen molar-refractivity contribution in [3.63, 3.8) is 0 Å². The van der Waals surface area contributed by atoms with E-state index in [-0.39, 0.29) is 28.6 Å². The van der Waals surface area contributed by atoms with Gasteiger partial charge in [0, 0.05) is 30.8 Å². The number of nitrogens with one attached hydrogen (secondary N) is 1. The Morgan fingerprint density at radius 3 is 2.52 bits per heavy atom. The molecule has 2 aliphatic rings. The van der Waals surface area contributed by atoms with Crippen LogP contribution in [0.1, 0.15) is 33.9 Å². The van der Waals surface area contributed by atoms with Crippen molar-refractivity contribution in [3.8, 4) is 11.5 Å². The maximum Gasteiger partial charge on any atom is 0.246 e. The van der Waals surface area contributed by atoms with E-state index in [0.717, 1.165) is 31.8 Å². The van der Waals surface area contributed by atoms with Gasteiger partial charge in [0.15, 0.2) is 5.69 Å². The zero-order chi connectivity index (χ0) is 19.0. The molecule has 4 rings (SSSR count). The highest BCUT2D eigenvalue weighted by Gasteiger charge is 2.32.